The molecule has 1 aromatic rings. The highest BCUT2D eigenvalue weighted by molar-refractivity contribution is 7.09. The van der Waals surface area contributed by atoms with Gasteiger partial charge in [-0.3, -0.25) is 0 Å². The third-order valence-electron chi connectivity index (χ3n) is 3.24. The molecule has 1 aromatic heterocycles. The molecular formula is C11H17N3OS. The van der Waals surface area contributed by atoms with Crippen molar-refractivity contribution in [3.63, 3.8) is 0 Å². The fraction of sp³-hybridized carbons (Fsp3) is 0.818. The van der Waals surface area contributed by atoms with Crippen molar-refractivity contribution in [3.05, 3.63) is 5.82 Å². The van der Waals surface area contributed by atoms with E-state index in [9.17, 15) is 0 Å². The Balaban J connectivity index is 1.42. The van der Waals surface area contributed by atoms with Gasteiger partial charge in [0, 0.05) is 37.2 Å². The lowest BCUT2D eigenvalue weighted by atomic mass is 10.1. The largest absolute Gasteiger partial charge is 0.381 e. The Bertz CT molecular complexity index is 345. The molecular weight excluding hydrogens is 222 g/mol. The molecule has 2 aliphatic rings. The normalized spacial score (nSPS) is 24.9. The van der Waals surface area contributed by atoms with E-state index in [0.717, 1.165) is 36.6 Å². The van der Waals surface area contributed by atoms with E-state index >= 15 is 0 Å². The van der Waals surface area contributed by atoms with Crippen molar-refractivity contribution in [1.29, 1.82) is 0 Å². The van der Waals surface area contributed by atoms with Gasteiger partial charge >= 0.3 is 0 Å². The van der Waals surface area contributed by atoms with Crippen LogP contribution in [-0.4, -0.2) is 29.1 Å². The second-order valence-electron chi connectivity index (χ2n) is 4.68. The first-order valence-corrected chi connectivity index (χ1v) is 6.84. The first-order chi connectivity index (χ1) is 7.92. The van der Waals surface area contributed by atoms with E-state index in [0.29, 0.717) is 5.92 Å². The second-order valence-corrected chi connectivity index (χ2v) is 5.43. The van der Waals surface area contributed by atoms with Gasteiger partial charge in [0.25, 0.3) is 0 Å². The van der Waals surface area contributed by atoms with Gasteiger partial charge in [-0.2, -0.15) is 4.37 Å². The summed E-state index contributed by atoms with van der Waals surface area (Å²) in [5.74, 6) is 2.45. The Labute approximate surface area is 99.6 Å². The molecule has 1 N–H and O–H groups in total. The van der Waals surface area contributed by atoms with Crippen molar-refractivity contribution in [3.8, 4) is 0 Å². The molecule has 0 aromatic carbocycles. The number of nitrogens with one attached hydrogen (secondary N) is 1. The summed E-state index contributed by atoms with van der Waals surface area (Å²) in [7, 11) is 0. The molecule has 0 spiro atoms. The van der Waals surface area contributed by atoms with Crippen molar-refractivity contribution in [1.82, 2.24) is 9.36 Å². The van der Waals surface area contributed by atoms with Crippen LogP contribution in [0.25, 0.3) is 0 Å². The minimum absolute atomic E-state index is 0.662. The first-order valence-electron chi connectivity index (χ1n) is 6.07. The Morgan fingerprint density at radius 1 is 1.38 bits per heavy atom. The average molecular weight is 239 g/mol. The van der Waals surface area contributed by atoms with Gasteiger partial charge in [0.05, 0.1) is 0 Å². The maximum atomic E-state index is 5.35. The van der Waals surface area contributed by atoms with E-state index in [-0.39, 0.29) is 0 Å². The van der Waals surface area contributed by atoms with Crippen molar-refractivity contribution < 1.29 is 4.74 Å². The third-order valence-corrected chi connectivity index (χ3v) is 3.92. The van der Waals surface area contributed by atoms with Crippen LogP contribution >= 0.6 is 11.5 Å². The van der Waals surface area contributed by atoms with E-state index in [1.165, 1.54) is 37.2 Å². The van der Waals surface area contributed by atoms with Crippen molar-refractivity contribution in [2.45, 2.75) is 31.6 Å². The molecule has 1 aliphatic heterocycles. The van der Waals surface area contributed by atoms with Crippen LogP contribution in [0, 0.1) is 5.92 Å². The summed E-state index contributed by atoms with van der Waals surface area (Å²) >= 11 is 1.50. The molecule has 2 fully saturated rings. The Morgan fingerprint density at radius 2 is 2.31 bits per heavy atom. The summed E-state index contributed by atoms with van der Waals surface area (Å²) in [6.45, 7) is 2.87. The van der Waals surface area contributed by atoms with Crippen molar-refractivity contribution in [2.24, 2.45) is 5.92 Å². The fourth-order valence-electron chi connectivity index (χ4n) is 2.01. The van der Waals surface area contributed by atoms with Gasteiger partial charge in [-0.25, -0.2) is 4.98 Å². The van der Waals surface area contributed by atoms with E-state index < -0.39 is 0 Å². The first kappa shape index (κ1) is 10.5. The van der Waals surface area contributed by atoms with Gasteiger partial charge in [0.15, 0.2) is 0 Å². The zero-order valence-corrected chi connectivity index (χ0v) is 10.1. The minimum atomic E-state index is 0.662. The smallest absolute Gasteiger partial charge is 0.202 e. The average Bonchev–Trinajstić information content (AvgIpc) is 2.83. The summed E-state index contributed by atoms with van der Waals surface area (Å²) in [5, 5.41) is 4.35. The minimum Gasteiger partial charge on any atom is -0.381 e. The molecule has 88 valence electrons. The quantitative estimate of drug-likeness (QED) is 0.856. The maximum Gasteiger partial charge on any atom is 0.202 e. The summed E-state index contributed by atoms with van der Waals surface area (Å²) in [6.07, 6.45) is 4.94. The standard InChI is InChI=1S/C11H17N3OS/c1-2-9(1)10-13-11(16-14-10)12-5-3-8-4-6-15-7-8/h8-9H,1-7H2,(H,12,13,14). The van der Waals surface area contributed by atoms with Crippen LogP contribution in [-0.2, 0) is 4.74 Å². The van der Waals surface area contributed by atoms with Gasteiger partial charge in [-0.05, 0) is 31.6 Å². The number of hydrogen-bond donors (Lipinski definition) is 1. The zero-order valence-electron chi connectivity index (χ0n) is 9.32. The van der Waals surface area contributed by atoms with Gasteiger partial charge in [-0.15, -0.1) is 0 Å². The second kappa shape index (κ2) is 4.67. The number of ether oxygens (including phenoxy) is 1. The Hall–Kier alpha value is -0.680. The van der Waals surface area contributed by atoms with Gasteiger partial charge in [0.2, 0.25) is 5.13 Å². The number of hydrogen-bond acceptors (Lipinski definition) is 5. The Morgan fingerprint density at radius 3 is 3.06 bits per heavy atom. The molecule has 5 heteroatoms. The number of aromatic nitrogens is 2. The predicted molar refractivity (Wildman–Crippen MR) is 63.9 cm³/mol. The van der Waals surface area contributed by atoms with Gasteiger partial charge in [-0.1, -0.05) is 0 Å². The van der Waals surface area contributed by atoms with Crippen molar-refractivity contribution in [2.75, 3.05) is 25.1 Å². The highest BCUT2D eigenvalue weighted by Gasteiger charge is 2.27. The van der Waals surface area contributed by atoms with Crippen LogP contribution in [0.15, 0.2) is 0 Å². The zero-order chi connectivity index (χ0) is 10.8. The van der Waals surface area contributed by atoms with Crippen LogP contribution in [0.5, 0.6) is 0 Å². The van der Waals surface area contributed by atoms with E-state index in [1.54, 1.807) is 0 Å². The van der Waals surface area contributed by atoms with Crippen LogP contribution in [0.3, 0.4) is 0 Å². The van der Waals surface area contributed by atoms with Gasteiger partial charge in [0.1, 0.15) is 5.82 Å². The number of nitrogens with zero attached hydrogens (tertiary/aromatic N) is 2. The molecule has 0 bridgehead atoms. The summed E-state index contributed by atoms with van der Waals surface area (Å²) in [5.41, 5.74) is 0. The lowest BCUT2D eigenvalue weighted by molar-refractivity contribution is 0.185. The molecule has 4 nitrogen and oxygen atoms in total. The van der Waals surface area contributed by atoms with Crippen LogP contribution in [0.1, 0.15) is 37.4 Å². The lowest BCUT2D eigenvalue weighted by Gasteiger charge is -2.06. The van der Waals surface area contributed by atoms with E-state index in [1.807, 2.05) is 0 Å². The van der Waals surface area contributed by atoms with Crippen molar-refractivity contribution >= 4 is 16.7 Å². The van der Waals surface area contributed by atoms with Crippen LogP contribution in [0.4, 0.5) is 5.13 Å². The number of anilines is 1. The highest BCUT2D eigenvalue weighted by atomic mass is 32.1. The van der Waals surface area contributed by atoms with E-state index in [4.69, 9.17) is 4.74 Å². The predicted octanol–water partition coefficient (Wildman–Crippen LogP) is 2.25. The topological polar surface area (TPSA) is 47.0 Å². The molecule has 0 amide bonds. The molecule has 0 radical (unpaired) electrons. The maximum absolute atomic E-state index is 5.35. The SMILES string of the molecule is C(CC1CCOC1)Nc1nc(C2CC2)ns1. The molecule has 1 unspecified atom stereocenters. The molecule has 1 saturated carbocycles. The molecule has 2 heterocycles. The number of rotatable bonds is 5. The van der Waals surface area contributed by atoms with Crippen LogP contribution in [0.2, 0.25) is 0 Å². The van der Waals surface area contributed by atoms with Crippen LogP contribution < -0.4 is 5.32 Å². The molecule has 3 rings (SSSR count). The molecule has 16 heavy (non-hydrogen) atoms. The highest BCUT2D eigenvalue weighted by Crippen LogP contribution is 2.39. The summed E-state index contributed by atoms with van der Waals surface area (Å²) in [4.78, 5) is 4.50. The van der Waals surface area contributed by atoms with E-state index in [2.05, 4.69) is 14.7 Å². The molecule has 1 aliphatic carbocycles. The summed E-state index contributed by atoms with van der Waals surface area (Å²) in [6, 6.07) is 0. The Kier molecular flexibility index (Phi) is 3.06. The third kappa shape index (κ3) is 2.52. The monoisotopic (exact) mass is 239 g/mol. The molecule has 1 saturated heterocycles. The lowest BCUT2D eigenvalue weighted by Crippen LogP contribution is -2.08. The molecule has 1 atom stereocenters. The van der Waals surface area contributed by atoms with Gasteiger partial charge < -0.3 is 10.1 Å². The fourth-order valence-corrected chi connectivity index (χ4v) is 2.68. The summed E-state index contributed by atoms with van der Waals surface area (Å²) < 4.78 is 9.72.